The second-order valence-electron chi connectivity index (χ2n) is 7.79. The molecule has 3 N–H and O–H groups in total. The molecule has 3 rings (SSSR count). The van der Waals surface area contributed by atoms with Crippen LogP contribution >= 0.6 is 11.6 Å². The molecule has 3 amide bonds. The van der Waals surface area contributed by atoms with Crippen LogP contribution in [0.3, 0.4) is 0 Å². The van der Waals surface area contributed by atoms with Gasteiger partial charge in [-0.25, -0.2) is 0 Å². The SMILES string of the molecule is CN(CC(=O)Nc1ccc(Cl)c(C(F)(F)F)c1)C(=O)CN1Cc2ccccc2C[C@H]1C(N)=O. The van der Waals surface area contributed by atoms with Crippen molar-refractivity contribution in [2.75, 3.05) is 25.5 Å². The third-order valence-corrected chi connectivity index (χ3v) is 5.70. The number of hydrogen-bond donors (Lipinski definition) is 2. The van der Waals surface area contributed by atoms with Crippen LogP contribution in [0.5, 0.6) is 0 Å². The molecule has 0 aliphatic carbocycles. The molecule has 2 aromatic rings. The molecule has 0 unspecified atom stereocenters. The van der Waals surface area contributed by atoms with Gasteiger partial charge in [-0.3, -0.25) is 19.3 Å². The third-order valence-electron chi connectivity index (χ3n) is 5.37. The number of halogens is 4. The number of benzene rings is 2. The number of nitrogens with two attached hydrogens (primary N) is 1. The average molecular weight is 483 g/mol. The van der Waals surface area contributed by atoms with Crippen molar-refractivity contribution in [3.05, 3.63) is 64.2 Å². The molecule has 0 spiro atoms. The number of nitrogens with one attached hydrogen (secondary N) is 1. The Bertz CT molecular complexity index is 1080. The summed E-state index contributed by atoms with van der Waals surface area (Å²) in [4.78, 5) is 39.7. The van der Waals surface area contributed by atoms with Gasteiger partial charge in [-0.05, 0) is 35.7 Å². The third kappa shape index (κ3) is 6.02. The molecule has 1 atom stereocenters. The predicted octanol–water partition coefficient (Wildman–Crippen LogP) is 2.67. The summed E-state index contributed by atoms with van der Waals surface area (Å²) in [6, 6.07) is 9.87. The summed E-state index contributed by atoms with van der Waals surface area (Å²) in [6.45, 7) is -0.195. The van der Waals surface area contributed by atoms with Crippen LogP contribution in [0.15, 0.2) is 42.5 Å². The van der Waals surface area contributed by atoms with Crippen molar-refractivity contribution in [2.24, 2.45) is 5.73 Å². The van der Waals surface area contributed by atoms with E-state index in [0.717, 1.165) is 28.2 Å². The van der Waals surface area contributed by atoms with Crippen LogP contribution in [-0.2, 0) is 33.5 Å². The molecule has 11 heteroatoms. The van der Waals surface area contributed by atoms with Crippen molar-refractivity contribution in [2.45, 2.75) is 25.2 Å². The topological polar surface area (TPSA) is 95.7 Å². The van der Waals surface area contributed by atoms with E-state index in [1.54, 1.807) is 4.90 Å². The first-order valence-corrected chi connectivity index (χ1v) is 10.3. The highest BCUT2D eigenvalue weighted by atomic mass is 35.5. The Kier molecular flexibility index (Phi) is 7.28. The lowest BCUT2D eigenvalue weighted by molar-refractivity contribution is -0.137. The predicted molar refractivity (Wildman–Crippen MR) is 116 cm³/mol. The summed E-state index contributed by atoms with van der Waals surface area (Å²) in [5, 5.41) is 1.85. The first-order valence-electron chi connectivity index (χ1n) is 9.96. The quantitative estimate of drug-likeness (QED) is 0.661. The van der Waals surface area contributed by atoms with Gasteiger partial charge in [-0.1, -0.05) is 35.9 Å². The Hall–Kier alpha value is -3.11. The lowest BCUT2D eigenvalue weighted by atomic mass is 9.93. The van der Waals surface area contributed by atoms with Crippen LogP contribution in [0.25, 0.3) is 0 Å². The van der Waals surface area contributed by atoms with Gasteiger partial charge >= 0.3 is 6.18 Å². The first-order chi connectivity index (χ1) is 15.5. The summed E-state index contributed by atoms with van der Waals surface area (Å²) in [7, 11) is 1.39. The molecule has 2 aromatic carbocycles. The zero-order valence-corrected chi connectivity index (χ0v) is 18.4. The molecule has 0 saturated carbocycles. The van der Waals surface area contributed by atoms with Crippen molar-refractivity contribution in [3.63, 3.8) is 0 Å². The fourth-order valence-corrected chi connectivity index (χ4v) is 3.87. The van der Waals surface area contributed by atoms with Crippen LogP contribution in [0.1, 0.15) is 16.7 Å². The largest absolute Gasteiger partial charge is 0.417 e. The van der Waals surface area contributed by atoms with E-state index in [2.05, 4.69) is 5.32 Å². The van der Waals surface area contributed by atoms with Crippen molar-refractivity contribution in [3.8, 4) is 0 Å². The van der Waals surface area contributed by atoms with E-state index in [1.807, 2.05) is 24.3 Å². The van der Waals surface area contributed by atoms with Crippen LogP contribution in [0.2, 0.25) is 5.02 Å². The van der Waals surface area contributed by atoms with Crippen molar-refractivity contribution < 1.29 is 27.6 Å². The lowest BCUT2D eigenvalue weighted by Gasteiger charge is -2.35. The molecule has 0 bridgehead atoms. The van der Waals surface area contributed by atoms with Crippen LogP contribution in [-0.4, -0.2) is 53.7 Å². The molecule has 1 heterocycles. The molecular weight excluding hydrogens is 461 g/mol. The minimum atomic E-state index is -4.67. The minimum absolute atomic E-state index is 0.0981. The van der Waals surface area contributed by atoms with E-state index in [0.29, 0.717) is 13.0 Å². The number of anilines is 1. The first kappa shape index (κ1) is 24.5. The monoisotopic (exact) mass is 482 g/mol. The van der Waals surface area contributed by atoms with Crippen molar-refractivity contribution >= 4 is 35.0 Å². The van der Waals surface area contributed by atoms with Gasteiger partial charge in [-0.2, -0.15) is 13.2 Å². The Morgan fingerprint density at radius 1 is 1.18 bits per heavy atom. The Morgan fingerprint density at radius 3 is 2.48 bits per heavy atom. The van der Waals surface area contributed by atoms with Crippen LogP contribution in [0, 0.1) is 0 Å². The van der Waals surface area contributed by atoms with Gasteiger partial charge in [0.15, 0.2) is 0 Å². The highest BCUT2D eigenvalue weighted by molar-refractivity contribution is 6.31. The van der Waals surface area contributed by atoms with E-state index in [9.17, 15) is 27.6 Å². The second kappa shape index (κ2) is 9.80. The zero-order chi connectivity index (χ0) is 24.3. The number of rotatable bonds is 6. The van der Waals surface area contributed by atoms with Gasteiger partial charge in [0.1, 0.15) is 0 Å². The number of hydrogen-bond acceptors (Lipinski definition) is 4. The number of carbonyl (C=O) groups excluding carboxylic acids is 3. The van der Waals surface area contributed by atoms with Crippen LogP contribution in [0.4, 0.5) is 18.9 Å². The smallest absolute Gasteiger partial charge is 0.368 e. The molecule has 33 heavy (non-hydrogen) atoms. The zero-order valence-electron chi connectivity index (χ0n) is 17.7. The Morgan fingerprint density at radius 2 is 1.85 bits per heavy atom. The fraction of sp³-hybridized carbons (Fsp3) is 0.318. The van der Waals surface area contributed by atoms with Crippen molar-refractivity contribution in [1.29, 1.82) is 0 Å². The number of likely N-dealkylation sites (N-methyl/N-ethyl adjacent to an activating group) is 1. The Labute approximate surface area is 193 Å². The number of nitrogens with zero attached hydrogens (tertiary/aromatic N) is 2. The summed E-state index contributed by atoms with van der Waals surface area (Å²) in [6.07, 6.45) is -4.30. The summed E-state index contributed by atoms with van der Waals surface area (Å²) in [5.74, 6) is -1.68. The molecule has 7 nitrogen and oxygen atoms in total. The van der Waals surface area contributed by atoms with E-state index < -0.39 is 47.1 Å². The van der Waals surface area contributed by atoms with E-state index >= 15 is 0 Å². The fourth-order valence-electron chi connectivity index (χ4n) is 3.64. The van der Waals surface area contributed by atoms with E-state index in [4.69, 9.17) is 17.3 Å². The maximum Gasteiger partial charge on any atom is 0.417 e. The second-order valence-corrected chi connectivity index (χ2v) is 8.19. The molecule has 0 aromatic heterocycles. The number of alkyl halides is 3. The highest BCUT2D eigenvalue weighted by Gasteiger charge is 2.34. The van der Waals surface area contributed by atoms with Gasteiger partial charge in [-0.15, -0.1) is 0 Å². The summed E-state index contributed by atoms with van der Waals surface area (Å²) >= 11 is 5.58. The number of primary amides is 1. The van der Waals surface area contributed by atoms with E-state index in [1.165, 1.54) is 13.1 Å². The van der Waals surface area contributed by atoms with Crippen molar-refractivity contribution in [1.82, 2.24) is 9.80 Å². The van der Waals surface area contributed by atoms with Gasteiger partial charge in [0, 0.05) is 19.3 Å². The molecule has 176 valence electrons. The summed E-state index contributed by atoms with van der Waals surface area (Å²) in [5.41, 5.74) is 6.32. The van der Waals surface area contributed by atoms with Gasteiger partial charge in [0.05, 0.1) is 29.7 Å². The van der Waals surface area contributed by atoms with Gasteiger partial charge in [0.2, 0.25) is 17.7 Å². The average Bonchev–Trinajstić information content (AvgIpc) is 2.73. The molecule has 1 aliphatic rings. The normalized spacial score (nSPS) is 16.1. The molecule has 0 saturated heterocycles. The molecule has 0 fully saturated rings. The molecular formula is C22H22ClF3N4O3. The lowest BCUT2D eigenvalue weighted by Crippen LogP contribution is -2.52. The maximum absolute atomic E-state index is 13.0. The minimum Gasteiger partial charge on any atom is -0.368 e. The van der Waals surface area contributed by atoms with E-state index in [-0.39, 0.29) is 12.2 Å². The van der Waals surface area contributed by atoms with Gasteiger partial charge in [0.25, 0.3) is 0 Å². The van der Waals surface area contributed by atoms with Gasteiger partial charge < -0.3 is 16.0 Å². The standard InChI is InChI=1S/C22H22ClF3N4O3/c1-29(11-19(31)28-15-6-7-17(23)16(9-15)22(24,25)26)20(32)12-30-10-14-5-3-2-4-13(14)8-18(30)21(27)33/h2-7,9,18H,8,10-12H2,1H3,(H2,27,33)(H,28,31)/t18-/m0/s1. The number of carbonyl (C=O) groups is 3. The molecule has 0 radical (unpaired) electrons. The Balaban J connectivity index is 1.62. The maximum atomic E-state index is 13.0. The number of fused-ring (bicyclic) bond motifs is 1. The highest BCUT2D eigenvalue weighted by Crippen LogP contribution is 2.36. The molecule has 1 aliphatic heterocycles. The summed E-state index contributed by atoms with van der Waals surface area (Å²) < 4.78 is 39.0. The van der Waals surface area contributed by atoms with Crippen LogP contribution < -0.4 is 11.1 Å². The number of amides is 3.